The van der Waals surface area contributed by atoms with Crippen molar-refractivity contribution in [3.8, 4) is 0 Å². The van der Waals surface area contributed by atoms with E-state index in [2.05, 4.69) is 16.0 Å². The van der Waals surface area contributed by atoms with E-state index in [0.717, 1.165) is 0 Å². The van der Waals surface area contributed by atoms with Gasteiger partial charge in [-0.25, -0.2) is 13.1 Å². The molecule has 0 radical (unpaired) electrons. The van der Waals surface area contributed by atoms with Gasteiger partial charge in [-0.3, -0.25) is 4.79 Å². The Morgan fingerprint density at radius 2 is 2.23 bits per heavy atom. The van der Waals surface area contributed by atoms with E-state index in [9.17, 15) is 13.2 Å². The fourth-order valence-electron chi connectivity index (χ4n) is 0.595. The number of carbonyl (C=O) groups is 1. The summed E-state index contributed by atoms with van der Waals surface area (Å²) in [7, 11) is -3.41. The average molecular weight is 207 g/mol. The Morgan fingerprint density at radius 1 is 1.62 bits per heavy atom. The summed E-state index contributed by atoms with van der Waals surface area (Å²) in [6.45, 7) is 4.83. The van der Waals surface area contributed by atoms with Gasteiger partial charge in [0.15, 0.2) is 0 Å². The van der Waals surface area contributed by atoms with Gasteiger partial charge in [-0.2, -0.15) is 0 Å². The Balaban J connectivity index is 3.88. The van der Waals surface area contributed by atoms with Gasteiger partial charge in [-0.05, 0) is 6.92 Å². The fraction of sp³-hybridized carbons (Fsp3) is 0.571. The summed E-state index contributed by atoms with van der Waals surface area (Å²) in [5.74, 6) is -0.790. The Labute approximate surface area is 77.8 Å². The highest BCUT2D eigenvalue weighted by Gasteiger charge is 2.10. The van der Waals surface area contributed by atoms with Crippen LogP contribution in [0, 0.1) is 0 Å². The van der Waals surface area contributed by atoms with Crippen LogP contribution in [0.2, 0.25) is 0 Å². The normalized spacial score (nSPS) is 10.8. The average Bonchev–Trinajstić information content (AvgIpc) is 2.02. The molecule has 0 rings (SSSR count). The lowest BCUT2D eigenvalue weighted by Gasteiger charge is -2.03. The molecule has 0 atom stereocenters. The van der Waals surface area contributed by atoms with Gasteiger partial charge in [0, 0.05) is 0 Å². The van der Waals surface area contributed by atoms with Crippen molar-refractivity contribution in [1.29, 1.82) is 0 Å². The number of rotatable bonds is 6. The topological polar surface area (TPSA) is 72.5 Å². The third-order valence-corrected chi connectivity index (χ3v) is 2.34. The minimum absolute atomic E-state index is 0.202. The molecule has 6 heteroatoms. The van der Waals surface area contributed by atoms with Crippen molar-refractivity contribution < 1.29 is 17.9 Å². The molecule has 0 saturated heterocycles. The first-order chi connectivity index (χ1) is 6.02. The highest BCUT2D eigenvalue weighted by Crippen LogP contribution is 1.84. The number of hydrogen-bond donors (Lipinski definition) is 1. The molecule has 0 aromatic carbocycles. The van der Waals surface area contributed by atoms with Crippen molar-refractivity contribution in [3.63, 3.8) is 0 Å². The molecule has 0 aliphatic rings. The molecule has 0 aromatic heterocycles. The summed E-state index contributed by atoms with van der Waals surface area (Å²) < 4.78 is 28.5. The Kier molecular flexibility index (Phi) is 5.33. The molecule has 0 amide bonds. The summed E-state index contributed by atoms with van der Waals surface area (Å²) in [4.78, 5) is 10.7. The minimum atomic E-state index is -3.41. The third-order valence-electron chi connectivity index (χ3n) is 1.08. The minimum Gasteiger partial charge on any atom is -0.465 e. The second-order valence-corrected chi connectivity index (χ2v) is 4.05. The molecule has 0 saturated carbocycles. The first kappa shape index (κ1) is 12.1. The number of nitrogens with one attached hydrogen (secondary N) is 1. The quantitative estimate of drug-likeness (QED) is 0.477. The van der Waals surface area contributed by atoms with Gasteiger partial charge < -0.3 is 4.74 Å². The van der Waals surface area contributed by atoms with E-state index >= 15 is 0 Å². The van der Waals surface area contributed by atoms with Crippen LogP contribution in [-0.4, -0.2) is 33.3 Å². The maximum absolute atomic E-state index is 10.9. The molecule has 0 fully saturated rings. The molecular weight excluding hydrogens is 194 g/mol. The smallest absolute Gasteiger partial charge is 0.320 e. The highest BCUT2D eigenvalue weighted by atomic mass is 32.2. The summed E-state index contributed by atoms with van der Waals surface area (Å²) in [6, 6.07) is 0. The van der Waals surface area contributed by atoms with E-state index in [4.69, 9.17) is 0 Å². The zero-order valence-electron chi connectivity index (χ0n) is 7.45. The van der Waals surface area contributed by atoms with Crippen molar-refractivity contribution in [1.82, 2.24) is 4.72 Å². The van der Waals surface area contributed by atoms with Gasteiger partial charge in [-0.15, -0.1) is 6.58 Å². The summed E-state index contributed by atoms with van der Waals surface area (Å²) >= 11 is 0. The van der Waals surface area contributed by atoms with Crippen LogP contribution in [0.5, 0.6) is 0 Å². The predicted molar refractivity (Wildman–Crippen MR) is 48.6 cm³/mol. The molecule has 0 aromatic rings. The summed E-state index contributed by atoms with van der Waals surface area (Å²) in [5, 5.41) is 0. The lowest BCUT2D eigenvalue weighted by Crippen LogP contribution is -2.31. The van der Waals surface area contributed by atoms with E-state index in [1.165, 1.54) is 6.08 Å². The molecule has 0 aliphatic heterocycles. The van der Waals surface area contributed by atoms with E-state index in [1.54, 1.807) is 6.92 Å². The van der Waals surface area contributed by atoms with Crippen molar-refractivity contribution in [2.45, 2.75) is 6.92 Å². The van der Waals surface area contributed by atoms with Crippen LogP contribution in [0.25, 0.3) is 0 Å². The van der Waals surface area contributed by atoms with Gasteiger partial charge in [0.25, 0.3) is 0 Å². The Hall–Kier alpha value is -0.880. The number of esters is 1. The maximum Gasteiger partial charge on any atom is 0.320 e. The molecule has 13 heavy (non-hydrogen) atoms. The van der Waals surface area contributed by atoms with E-state index < -0.39 is 16.0 Å². The second kappa shape index (κ2) is 5.71. The van der Waals surface area contributed by atoms with Gasteiger partial charge in [0.05, 0.1) is 12.4 Å². The monoisotopic (exact) mass is 207 g/mol. The molecule has 1 N–H and O–H groups in total. The largest absolute Gasteiger partial charge is 0.465 e. The van der Waals surface area contributed by atoms with Crippen molar-refractivity contribution in [3.05, 3.63) is 12.7 Å². The van der Waals surface area contributed by atoms with Crippen LogP contribution in [0.15, 0.2) is 12.7 Å². The Bertz CT molecular complexity index is 270. The fourth-order valence-corrected chi connectivity index (χ4v) is 1.36. The summed E-state index contributed by atoms with van der Waals surface area (Å²) in [6.07, 6.45) is 1.24. The molecular formula is C7H13NO4S. The zero-order valence-corrected chi connectivity index (χ0v) is 8.26. The standard InChI is InChI=1S/C7H13NO4S/c1-3-5-13(10,11)8-6-7(9)12-4-2/h3,8H,1,4-6H2,2H3. The third kappa shape index (κ3) is 6.30. The van der Waals surface area contributed by atoms with Gasteiger partial charge in [0.1, 0.15) is 6.54 Å². The molecule has 5 nitrogen and oxygen atoms in total. The van der Waals surface area contributed by atoms with Crippen LogP contribution in [0.1, 0.15) is 6.92 Å². The predicted octanol–water partition coefficient (Wildman–Crippen LogP) is -0.345. The highest BCUT2D eigenvalue weighted by molar-refractivity contribution is 7.89. The number of hydrogen-bond acceptors (Lipinski definition) is 4. The number of ether oxygens (including phenoxy) is 1. The molecule has 0 unspecified atom stereocenters. The molecule has 0 bridgehead atoms. The van der Waals surface area contributed by atoms with Gasteiger partial charge in [-0.1, -0.05) is 6.08 Å². The van der Waals surface area contributed by atoms with Gasteiger partial charge in [0.2, 0.25) is 10.0 Å². The lowest BCUT2D eigenvalue weighted by atomic mass is 10.7. The van der Waals surface area contributed by atoms with Crippen molar-refractivity contribution >= 4 is 16.0 Å². The van der Waals surface area contributed by atoms with E-state index in [1.807, 2.05) is 0 Å². The lowest BCUT2D eigenvalue weighted by molar-refractivity contribution is -0.141. The first-order valence-corrected chi connectivity index (χ1v) is 5.41. The maximum atomic E-state index is 10.9. The molecule has 0 spiro atoms. The van der Waals surface area contributed by atoms with Crippen LogP contribution >= 0.6 is 0 Å². The van der Waals surface area contributed by atoms with Crippen LogP contribution in [-0.2, 0) is 19.6 Å². The zero-order chi connectivity index (χ0) is 10.3. The van der Waals surface area contributed by atoms with Crippen LogP contribution < -0.4 is 4.72 Å². The van der Waals surface area contributed by atoms with E-state index in [0.29, 0.717) is 0 Å². The number of carbonyl (C=O) groups excluding carboxylic acids is 1. The van der Waals surface area contributed by atoms with Gasteiger partial charge >= 0.3 is 5.97 Å². The molecule has 0 aliphatic carbocycles. The second-order valence-electron chi connectivity index (χ2n) is 2.20. The molecule has 76 valence electrons. The van der Waals surface area contributed by atoms with E-state index in [-0.39, 0.29) is 18.9 Å². The van der Waals surface area contributed by atoms with Crippen LogP contribution in [0.3, 0.4) is 0 Å². The SMILES string of the molecule is C=CCS(=O)(=O)NCC(=O)OCC. The first-order valence-electron chi connectivity index (χ1n) is 3.75. The number of sulfonamides is 1. The molecule has 0 heterocycles. The summed E-state index contributed by atoms with van der Waals surface area (Å²) in [5.41, 5.74) is 0. The van der Waals surface area contributed by atoms with Crippen molar-refractivity contribution in [2.24, 2.45) is 0 Å². The van der Waals surface area contributed by atoms with Crippen LogP contribution in [0.4, 0.5) is 0 Å². The van der Waals surface area contributed by atoms with Crippen molar-refractivity contribution in [2.75, 3.05) is 18.9 Å². The Morgan fingerprint density at radius 3 is 2.69 bits per heavy atom.